The Morgan fingerprint density at radius 2 is 1.82 bits per heavy atom. The number of carbonyl (C=O) groups excluding carboxylic acids is 1. The fourth-order valence-corrected chi connectivity index (χ4v) is 5.74. The Morgan fingerprint density at radius 1 is 1.11 bits per heavy atom. The van der Waals surface area contributed by atoms with Crippen LogP contribution in [0.1, 0.15) is 44.9 Å². The summed E-state index contributed by atoms with van der Waals surface area (Å²) < 4.78 is 25.3. The van der Waals surface area contributed by atoms with Crippen LogP contribution in [-0.4, -0.2) is 81.1 Å². The van der Waals surface area contributed by atoms with E-state index in [9.17, 15) is 13.2 Å². The number of hydrogen-bond acceptors (Lipinski definition) is 4. The molecule has 3 aliphatic rings. The van der Waals surface area contributed by atoms with Crippen LogP contribution in [-0.2, 0) is 14.8 Å². The molecule has 162 valence electrons. The van der Waals surface area contributed by atoms with Gasteiger partial charge in [-0.15, -0.1) is 24.0 Å². The fraction of sp³-hybridized carbons (Fsp3) is 0.889. The lowest BCUT2D eigenvalue weighted by Gasteiger charge is -2.24. The van der Waals surface area contributed by atoms with Gasteiger partial charge in [0.2, 0.25) is 15.9 Å². The Kier molecular flexibility index (Phi) is 8.80. The van der Waals surface area contributed by atoms with Crippen LogP contribution >= 0.6 is 24.0 Å². The zero-order valence-electron chi connectivity index (χ0n) is 16.9. The normalized spacial score (nSPS) is 27.1. The van der Waals surface area contributed by atoms with Crippen LogP contribution in [0.5, 0.6) is 0 Å². The molecule has 2 atom stereocenters. The van der Waals surface area contributed by atoms with E-state index in [2.05, 4.69) is 15.6 Å². The summed E-state index contributed by atoms with van der Waals surface area (Å²) in [4.78, 5) is 18.8. The molecule has 2 N–H and O–H groups in total. The van der Waals surface area contributed by atoms with E-state index in [0.717, 1.165) is 45.2 Å². The Hall–Kier alpha value is -0.620. The molecule has 3 rings (SSSR count). The second kappa shape index (κ2) is 10.4. The molecule has 1 aliphatic carbocycles. The number of hydrogen-bond donors (Lipinski definition) is 2. The Morgan fingerprint density at radius 3 is 2.46 bits per heavy atom. The van der Waals surface area contributed by atoms with E-state index < -0.39 is 10.0 Å². The number of aliphatic imine (C=N–C) groups is 1. The van der Waals surface area contributed by atoms with E-state index in [1.54, 1.807) is 11.4 Å². The van der Waals surface area contributed by atoms with Crippen LogP contribution in [0.2, 0.25) is 0 Å². The first kappa shape index (κ1) is 23.7. The smallest absolute Gasteiger partial charge is 0.225 e. The molecule has 1 amide bonds. The highest BCUT2D eigenvalue weighted by Crippen LogP contribution is 2.27. The van der Waals surface area contributed by atoms with Crippen LogP contribution in [0.4, 0.5) is 0 Å². The van der Waals surface area contributed by atoms with Crippen LogP contribution in [0.25, 0.3) is 0 Å². The molecule has 2 saturated heterocycles. The van der Waals surface area contributed by atoms with Gasteiger partial charge in [0.15, 0.2) is 5.96 Å². The van der Waals surface area contributed by atoms with Gasteiger partial charge in [0.05, 0.1) is 6.26 Å². The number of halogens is 1. The predicted molar refractivity (Wildman–Crippen MR) is 121 cm³/mol. The summed E-state index contributed by atoms with van der Waals surface area (Å²) in [7, 11) is -1.45. The average molecular weight is 527 g/mol. The SMILES string of the molecule is CN=C(NC[C@H]1CCCN1S(C)(=O)=O)NC1CCN(C(=O)C2CCCC2)C1.I. The number of carbonyl (C=O) groups is 1. The molecule has 0 radical (unpaired) electrons. The Bertz CT molecular complexity index is 666. The molecule has 28 heavy (non-hydrogen) atoms. The van der Waals surface area contributed by atoms with Crippen molar-refractivity contribution >= 4 is 45.9 Å². The zero-order chi connectivity index (χ0) is 19.4. The van der Waals surface area contributed by atoms with Crippen molar-refractivity contribution in [3.8, 4) is 0 Å². The van der Waals surface area contributed by atoms with Gasteiger partial charge in [-0.05, 0) is 32.1 Å². The van der Waals surface area contributed by atoms with E-state index in [1.807, 2.05) is 4.90 Å². The van der Waals surface area contributed by atoms with E-state index in [4.69, 9.17) is 0 Å². The minimum absolute atomic E-state index is 0. The van der Waals surface area contributed by atoms with Crippen LogP contribution < -0.4 is 10.6 Å². The quantitative estimate of drug-likeness (QED) is 0.316. The van der Waals surface area contributed by atoms with Gasteiger partial charge in [-0.1, -0.05) is 12.8 Å². The van der Waals surface area contributed by atoms with E-state index in [0.29, 0.717) is 25.0 Å². The second-order valence-electron chi connectivity index (χ2n) is 8.02. The summed E-state index contributed by atoms with van der Waals surface area (Å²) in [5, 5.41) is 6.66. The van der Waals surface area contributed by atoms with Crippen molar-refractivity contribution in [1.29, 1.82) is 0 Å². The first-order valence-electron chi connectivity index (χ1n) is 10.1. The molecule has 0 aromatic rings. The summed E-state index contributed by atoms with van der Waals surface area (Å²) in [5.74, 6) is 1.22. The molecule has 8 nitrogen and oxygen atoms in total. The number of rotatable bonds is 5. The maximum absolute atomic E-state index is 12.6. The lowest BCUT2D eigenvalue weighted by atomic mass is 10.1. The largest absolute Gasteiger partial charge is 0.355 e. The van der Waals surface area contributed by atoms with Crippen molar-refractivity contribution in [2.75, 3.05) is 39.5 Å². The van der Waals surface area contributed by atoms with Crippen LogP contribution in [0.15, 0.2) is 4.99 Å². The van der Waals surface area contributed by atoms with Gasteiger partial charge < -0.3 is 15.5 Å². The summed E-state index contributed by atoms with van der Waals surface area (Å²) in [6.07, 6.45) is 8.37. The van der Waals surface area contributed by atoms with Crippen molar-refractivity contribution in [2.24, 2.45) is 10.9 Å². The number of nitrogens with zero attached hydrogens (tertiary/aromatic N) is 3. The Labute approximate surface area is 186 Å². The standard InChI is InChI=1S/C18H33N5O3S.HI/c1-19-18(20-12-16-8-5-10-23(16)27(2,25)26)21-15-9-11-22(13-15)17(24)14-6-3-4-7-14;/h14-16H,3-13H2,1-2H3,(H2,19,20,21);1H/t15?,16-;/m1./s1. The van der Waals surface area contributed by atoms with Crippen molar-refractivity contribution in [3.63, 3.8) is 0 Å². The number of likely N-dealkylation sites (tertiary alicyclic amines) is 1. The third-order valence-corrected chi connectivity index (χ3v) is 7.36. The van der Waals surface area contributed by atoms with Gasteiger partial charge in [-0.25, -0.2) is 8.42 Å². The molecule has 10 heteroatoms. The van der Waals surface area contributed by atoms with Gasteiger partial charge in [0.1, 0.15) is 0 Å². The number of sulfonamides is 1. The van der Waals surface area contributed by atoms with E-state index in [-0.39, 0.29) is 42.0 Å². The summed E-state index contributed by atoms with van der Waals surface area (Å²) in [5.41, 5.74) is 0. The van der Waals surface area contributed by atoms with Crippen molar-refractivity contribution < 1.29 is 13.2 Å². The minimum atomic E-state index is -3.16. The van der Waals surface area contributed by atoms with Crippen molar-refractivity contribution in [3.05, 3.63) is 0 Å². The Balaban J connectivity index is 0.00000280. The molecule has 0 aromatic heterocycles. The fourth-order valence-electron chi connectivity index (χ4n) is 4.56. The molecule has 1 unspecified atom stereocenters. The monoisotopic (exact) mass is 527 g/mol. The first-order valence-corrected chi connectivity index (χ1v) is 12.0. The lowest BCUT2D eigenvalue weighted by Crippen LogP contribution is -2.49. The molecule has 0 spiro atoms. The highest BCUT2D eigenvalue weighted by atomic mass is 127. The average Bonchev–Trinajstić information content (AvgIpc) is 3.38. The molecule has 2 heterocycles. The van der Waals surface area contributed by atoms with E-state index in [1.165, 1.54) is 19.1 Å². The van der Waals surface area contributed by atoms with Gasteiger partial charge in [0.25, 0.3) is 0 Å². The number of guanidine groups is 1. The minimum Gasteiger partial charge on any atom is -0.355 e. The maximum Gasteiger partial charge on any atom is 0.225 e. The third kappa shape index (κ3) is 5.94. The molecular weight excluding hydrogens is 493 g/mol. The highest BCUT2D eigenvalue weighted by Gasteiger charge is 2.33. The molecule has 1 saturated carbocycles. The molecule has 0 aromatic carbocycles. The van der Waals surface area contributed by atoms with Crippen molar-refractivity contribution in [1.82, 2.24) is 19.8 Å². The van der Waals surface area contributed by atoms with Crippen LogP contribution in [0.3, 0.4) is 0 Å². The lowest BCUT2D eigenvalue weighted by molar-refractivity contribution is -0.134. The van der Waals surface area contributed by atoms with Crippen LogP contribution in [0, 0.1) is 5.92 Å². The van der Waals surface area contributed by atoms with Gasteiger partial charge in [-0.3, -0.25) is 9.79 Å². The third-order valence-electron chi connectivity index (χ3n) is 6.02. The summed E-state index contributed by atoms with van der Waals surface area (Å²) >= 11 is 0. The zero-order valence-corrected chi connectivity index (χ0v) is 20.0. The maximum atomic E-state index is 12.6. The van der Waals surface area contributed by atoms with Gasteiger partial charge in [0, 0.05) is 51.2 Å². The number of nitrogens with one attached hydrogen (secondary N) is 2. The second-order valence-corrected chi connectivity index (χ2v) is 9.95. The predicted octanol–water partition coefficient (Wildman–Crippen LogP) is 0.985. The summed E-state index contributed by atoms with van der Waals surface area (Å²) in [6.45, 7) is 2.66. The molecule has 3 fully saturated rings. The molecule has 2 aliphatic heterocycles. The molecular formula is C18H34IN5O3S. The topological polar surface area (TPSA) is 94.1 Å². The summed E-state index contributed by atoms with van der Waals surface area (Å²) in [6, 6.07) is 0.165. The first-order chi connectivity index (χ1) is 12.9. The van der Waals surface area contributed by atoms with Gasteiger partial charge in [-0.2, -0.15) is 4.31 Å². The number of amides is 1. The van der Waals surface area contributed by atoms with Gasteiger partial charge >= 0.3 is 0 Å². The van der Waals surface area contributed by atoms with Crippen molar-refractivity contribution in [2.45, 2.75) is 57.0 Å². The highest BCUT2D eigenvalue weighted by molar-refractivity contribution is 14.0. The molecule has 0 bridgehead atoms. The van der Waals surface area contributed by atoms with E-state index >= 15 is 0 Å².